The highest BCUT2D eigenvalue weighted by molar-refractivity contribution is 7.07. The minimum Gasteiger partial charge on any atom is -0.481 e. The van der Waals surface area contributed by atoms with E-state index in [-0.39, 0.29) is 5.92 Å². The molecule has 3 amide bonds. The molecule has 1 aliphatic carbocycles. The predicted octanol–water partition coefficient (Wildman–Crippen LogP) is 0.980. The summed E-state index contributed by atoms with van der Waals surface area (Å²) in [7, 11) is 0. The number of aliphatic carboxylic acids is 1. The van der Waals surface area contributed by atoms with Crippen LogP contribution in [0.2, 0.25) is 0 Å². The molecule has 2 fully saturated rings. The van der Waals surface area contributed by atoms with Gasteiger partial charge in [-0.3, -0.25) is 14.9 Å². The smallest absolute Gasteiger partial charge is 0.322 e. The molecule has 3 unspecified atom stereocenters. The van der Waals surface area contributed by atoms with E-state index in [0.717, 1.165) is 5.56 Å². The highest BCUT2D eigenvalue weighted by atomic mass is 32.1. The van der Waals surface area contributed by atoms with E-state index in [4.69, 9.17) is 5.11 Å². The van der Waals surface area contributed by atoms with Crippen molar-refractivity contribution in [2.24, 2.45) is 11.8 Å². The van der Waals surface area contributed by atoms with Crippen molar-refractivity contribution in [2.75, 3.05) is 0 Å². The third-order valence-corrected chi connectivity index (χ3v) is 4.83. The Hall–Kier alpha value is -1.89. The third kappa shape index (κ3) is 2.07. The molecule has 0 bridgehead atoms. The first-order valence-corrected chi connectivity index (χ1v) is 7.35. The van der Waals surface area contributed by atoms with E-state index in [2.05, 4.69) is 10.6 Å². The number of carbonyl (C=O) groups excluding carboxylic acids is 2. The van der Waals surface area contributed by atoms with Crippen molar-refractivity contribution in [3.63, 3.8) is 0 Å². The summed E-state index contributed by atoms with van der Waals surface area (Å²) in [5.41, 5.74) is 0.0260. The highest BCUT2D eigenvalue weighted by Crippen LogP contribution is 2.49. The lowest BCUT2D eigenvalue weighted by Gasteiger charge is -2.26. The van der Waals surface area contributed by atoms with E-state index in [1.807, 2.05) is 16.8 Å². The minimum atomic E-state index is -1.07. The molecule has 1 aliphatic heterocycles. The Balaban J connectivity index is 1.79. The molecule has 3 N–H and O–H groups in total. The van der Waals surface area contributed by atoms with Crippen molar-refractivity contribution in [1.29, 1.82) is 0 Å². The van der Waals surface area contributed by atoms with Crippen molar-refractivity contribution in [3.05, 3.63) is 22.4 Å². The van der Waals surface area contributed by atoms with Crippen molar-refractivity contribution < 1.29 is 19.5 Å². The average Bonchev–Trinajstić information content (AvgIpc) is 2.93. The average molecular weight is 294 g/mol. The molecule has 3 atom stereocenters. The van der Waals surface area contributed by atoms with Gasteiger partial charge < -0.3 is 10.4 Å². The number of aryl methyl sites for hydroxylation is 1. The molecule has 3 rings (SSSR count). The zero-order chi connectivity index (χ0) is 14.3. The second-order valence-electron chi connectivity index (χ2n) is 5.30. The quantitative estimate of drug-likeness (QED) is 0.705. The molecule has 1 saturated carbocycles. The lowest BCUT2D eigenvalue weighted by Crippen LogP contribution is -2.50. The lowest BCUT2D eigenvalue weighted by atomic mass is 9.85. The number of amides is 3. The summed E-state index contributed by atoms with van der Waals surface area (Å²) in [6.45, 7) is 0. The van der Waals surface area contributed by atoms with E-state index >= 15 is 0 Å². The van der Waals surface area contributed by atoms with Crippen LogP contribution < -0.4 is 10.6 Å². The standard InChI is InChI=1S/C13H14N2O4S/c16-10(17)8-5-9(8)13(11(18)14-12(19)15-13)3-1-7-2-4-20-6-7/h2,4,6,8-9H,1,3,5H2,(H,16,17)(H2,14,15,18,19). The van der Waals surface area contributed by atoms with Gasteiger partial charge in [0.05, 0.1) is 5.92 Å². The monoisotopic (exact) mass is 294 g/mol. The molecule has 7 heteroatoms. The Morgan fingerprint density at radius 1 is 1.50 bits per heavy atom. The number of rotatable bonds is 5. The Labute approximate surface area is 119 Å². The summed E-state index contributed by atoms with van der Waals surface area (Å²) in [5.74, 6) is -2.16. The Kier molecular flexibility index (Phi) is 3.01. The second kappa shape index (κ2) is 4.59. The summed E-state index contributed by atoms with van der Waals surface area (Å²) >= 11 is 1.57. The number of carboxylic acids is 1. The molecular formula is C13H14N2O4S. The number of imide groups is 1. The first kappa shape index (κ1) is 13.1. The molecule has 2 aliphatic rings. The van der Waals surface area contributed by atoms with Gasteiger partial charge in [0.2, 0.25) is 0 Å². The van der Waals surface area contributed by atoms with Crippen LogP contribution in [0.4, 0.5) is 4.79 Å². The number of carbonyl (C=O) groups is 3. The molecule has 1 aromatic heterocycles. The van der Waals surface area contributed by atoms with E-state index in [9.17, 15) is 14.4 Å². The molecule has 2 heterocycles. The molecule has 1 aromatic rings. The molecule has 106 valence electrons. The van der Waals surface area contributed by atoms with Crippen LogP contribution in [-0.4, -0.2) is 28.6 Å². The van der Waals surface area contributed by atoms with Gasteiger partial charge in [-0.05, 0) is 41.7 Å². The van der Waals surface area contributed by atoms with Gasteiger partial charge in [-0.15, -0.1) is 0 Å². The van der Waals surface area contributed by atoms with Crippen LogP contribution in [0.25, 0.3) is 0 Å². The molecule has 0 aromatic carbocycles. The van der Waals surface area contributed by atoms with Gasteiger partial charge in [0.1, 0.15) is 5.54 Å². The number of urea groups is 1. The molecule has 1 saturated heterocycles. The van der Waals surface area contributed by atoms with Gasteiger partial charge in [0.25, 0.3) is 5.91 Å². The van der Waals surface area contributed by atoms with Gasteiger partial charge in [0.15, 0.2) is 0 Å². The normalized spacial score (nSPS) is 31.8. The van der Waals surface area contributed by atoms with Crippen LogP contribution in [0.15, 0.2) is 16.8 Å². The fourth-order valence-corrected chi connectivity index (χ4v) is 3.62. The summed E-state index contributed by atoms with van der Waals surface area (Å²) < 4.78 is 0. The predicted molar refractivity (Wildman–Crippen MR) is 71.3 cm³/mol. The number of nitrogens with one attached hydrogen (secondary N) is 2. The van der Waals surface area contributed by atoms with E-state index in [0.29, 0.717) is 19.3 Å². The van der Waals surface area contributed by atoms with Gasteiger partial charge >= 0.3 is 12.0 Å². The first-order valence-electron chi connectivity index (χ1n) is 6.40. The minimum absolute atomic E-state index is 0.315. The summed E-state index contributed by atoms with van der Waals surface area (Å²) in [5, 5.41) is 17.9. The fraction of sp³-hybridized carbons (Fsp3) is 0.462. The maximum atomic E-state index is 12.1. The van der Waals surface area contributed by atoms with E-state index in [1.165, 1.54) is 0 Å². The largest absolute Gasteiger partial charge is 0.481 e. The summed E-state index contributed by atoms with van der Waals surface area (Å²) in [6, 6.07) is 1.44. The van der Waals surface area contributed by atoms with Crippen molar-refractivity contribution in [1.82, 2.24) is 10.6 Å². The SMILES string of the molecule is O=C1NC(=O)C(CCc2ccsc2)(C2CC2C(=O)O)N1. The van der Waals surface area contributed by atoms with Crippen molar-refractivity contribution in [3.8, 4) is 0 Å². The van der Waals surface area contributed by atoms with Crippen LogP contribution in [0.3, 0.4) is 0 Å². The Bertz CT molecular complexity index is 571. The molecular weight excluding hydrogens is 280 g/mol. The number of hydrogen-bond donors (Lipinski definition) is 3. The summed E-state index contributed by atoms with van der Waals surface area (Å²) in [4.78, 5) is 34.6. The lowest BCUT2D eigenvalue weighted by molar-refractivity contribution is -0.139. The van der Waals surface area contributed by atoms with Crippen LogP contribution in [0, 0.1) is 11.8 Å². The zero-order valence-electron chi connectivity index (χ0n) is 10.6. The fourth-order valence-electron chi connectivity index (χ4n) is 2.92. The zero-order valence-corrected chi connectivity index (χ0v) is 11.4. The highest BCUT2D eigenvalue weighted by Gasteiger charge is 2.62. The Morgan fingerprint density at radius 2 is 2.30 bits per heavy atom. The number of thiophene rings is 1. The first-order chi connectivity index (χ1) is 9.53. The van der Waals surface area contributed by atoms with Crippen LogP contribution in [0.1, 0.15) is 18.4 Å². The topological polar surface area (TPSA) is 95.5 Å². The number of carboxylic acid groups (broad SMARTS) is 1. The maximum Gasteiger partial charge on any atom is 0.322 e. The third-order valence-electron chi connectivity index (χ3n) is 4.10. The maximum absolute atomic E-state index is 12.1. The van der Waals surface area contributed by atoms with Gasteiger partial charge in [-0.1, -0.05) is 0 Å². The van der Waals surface area contributed by atoms with Crippen molar-refractivity contribution in [2.45, 2.75) is 24.8 Å². The van der Waals surface area contributed by atoms with Crippen LogP contribution in [0.5, 0.6) is 0 Å². The Morgan fingerprint density at radius 3 is 2.80 bits per heavy atom. The van der Waals surface area contributed by atoms with Crippen LogP contribution >= 0.6 is 11.3 Å². The van der Waals surface area contributed by atoms with Crippen LogP contribution in [-0.2, 0) is 16.0 Å². The van der Waals surface area contributed by atoms with Gasteiger partial charge in [0, 0.05) is 5.92 Å². The second-order valence-corrected chi connectivity index (χ2v) is 6.08. The van der Waals surface area contributed by atoms with Gasteiger partial charge in [-0.2, -0.15) is 11.3 Å². The molecule has 0 radical (unpaired) electrons. The van der Waals surface area contributed by atoms with E-state index in [1.54, 1.807) is 11.3 Å². The summed E-state index contributed by atoms with van der Waals surface area (Å²) in [6.07, 6.45) is 1.50. The molecule has 6 nitrogen and oxygen atoms in total. The number of hydrogen-bond acceptors (Lipinski definition) is 4. The van der Waals surface area contributed by atoms with E-state index < -0.39 is 29.4 Å². The van der Waals surface area contributed by atoms with Gasteiger partial charge in [-0.25, -0.2) is 4.79 Å². The molecule has 0 spiro atoms. The molecule has 20 heavy (non-hydrogen) atoms. The van der Waals surface area contributed by atoms with Crippen molar-refractivity contribution >= 4 is 29.2 Å².